The van der Waals surface area contributed by atoms with Crippen molar-refractivity contribution in [3.05, 3.63) is 41.5 Å². The van der Waals surface area contributed by atoms with Gasteiger partial charge in [-0.05, 0) is 48.7 Å². The van der Waals surface area contributed by atoms with Crippen LogP contribution in [0.15, 0.2) is 30.3 Å². The molecule has 0 aliphatic carbocycles. The molecule has 0 heterocycles. The molecule has 4 N–H and O–H groups in total. The zero-order chi connectivity index (χ0) is 19.7. The second-order valence-electron chi connectivity index (χ2n) is 5.36. The standard InChI is InChI=1S/C17H21NO5.C2H4O/c1-21-15-5-10(6-16(22-2)17(15)23-3)4-14(18)11-7-12(19)9-13(20)8-11;1-2-3/h5-9,14,19-20H,4,18H2,1-3H3;2H,1H3. The first-order valence-corrected chi connectivity index (χ1v) is 7.87. The molecular weight excluding hydrogens is 338 g/mol. The number of carbonyl (C=O) groups excluding carboxylic acids is 1. The lowest BCUT2D eigenvalue weighted by molar-refractivity contribution is -0.106. The Bertz CT molecular complexity index is 687. The SMILES string of the molecule is CC=O.COc1cc(CC(N)c2cc(O)cc(O)c2)cc(OC)c1OC. The smallest absolute Gasteiger partial charge is 0.203 e. The van der Waals surface area contributed by atoms with Gasteiger partial charge in [-0.15, -0.1) is 0 Å². The third-order valence-electron chi connectivity index (χ3n) is 3.53. The predicted molar refractivity (Wildman–Crippen MR) is 98.2 cm³/mol. The zero-order valence-electron chi connectivity index (χ0n) is 15.4. The molecule has 2 aromatic rings. The Morgan fingerprint density at radius 3 is 1.81 bits per heavy atom. The van der Waals surface area contributed by atoms with E-state index in [1.165, 1.54) is 25.1 Å². The van der Waals surface area contributed by atoms with Gasteiger partial charge in [0.15, 0.2) is 11.5 Å². The van der Waals surface area contributed by atoms with Gasteiger partial charge < -0.3 is 35.0 Å². The molecule has 0 bridgehead atoms. The molecule has 142 valence electrons. The topological polar surface area (TPSA) is 111 Å². The number of methoxy groups -OCH3 is 3. The fourth-order valence-corrected chi connectivity index (χ4v) is 2.46. The van der Waals surface area contributed by atoms with Crippen LogP contribution in [-0.2, 0) is 11.2 Å². The van der Waals surface area contributed by atoms with Crippen molar-refractivity contribution >= 4 is 6.29 Å². The Kier molecular flexibility index (Phi) is 8.24. The average Bonchev–Trinajstić information content (AvgIpc) is 2.60. The van der Waals surface area contributed by atoms with Crippen LogP contribution in [0.2, 0.25) is 0 Å². The van der Waals surface area contributed by atoms with Crippen LogP contribution in [0.3, 0.4) is 0 Å². The number of ether oxygens (including phenoxy) is 3. The van der Waals surface area contributed by atoms with Crippen LogP contribution in [0.1, 0.15) is 24.1 Å². The van der Waals surface area contributed by atoms with Crippen molar-refractivity contribution in [3.63, 3.8) is 0 Å². The van der Waals surface area contributed by atoms with Gasteiger partial charge in [-0.25, -0.2) is 0 Å². The normalized spacial score (nSPS) is 11.0. The van der Waals surface area contributed by atoms with Crippen LogP contribution in [-0.4, -0.2) is 37.8 Å². The number of hydrogen-bond donors (Lipinski definition) is 3. The highest BCUT2D eigenvalue weighted by atomic mass is 16.5. The minimum atomic E-state index is -0.407. The van der Waals surface area contributed by atoms with E-state index < -0.39 is 6.04 Å². The molecule has 1 unspecified atom stereocenters. The van der Waals surface area contributed by atoms with Gasteiger partial charge >= 0.3 is 0 Å². The summed E-state index contributed by atoms with van der Waals surface area (Å²) in [5.41, 5.74) is 7.70. The Balaban J connectivity index is 0.00000105. The van der Waals surface area contributed by atoms with E-state index in [1.807, 2.05) is 12.1 Å². The van der Waals surface area contributed by atoms with E-state index in [2.05, 4.69) is 0 Å². The van der Waals surface area contributed by atoms with E-state index in [0.29, 0.717) is 29.2 Å². The maximum Gasteiger partial charge on any atom is 0.203 e. The van der Waals surface area contributed by atoms with Crippen LogP contribution in [0, 0.1) is 0 Å². The Morgan fingerprint density at radius 1 is 0.962 bits per heavy atom. The van der Waals surface area contributed by atoms with Gasteiger partial charge in [-0.1, -0.05) is 0 Å². The highest BCUT2D eigenvalue weighted by Gasteiger charge is 2.16. The Labute approximate surface area is 152 Å². The lowest BCUT2D eigenvalue weighted by Crippen LogP contribution is -2.13. The quantitative estimate of drug-likeness (QED) is 0.676. The van der Waals surface area contributed by atoms with E-state index >= 15 is 0 Å². The minimum absolute atomic E-state index is 0.0275. The number of phenols is 2. The number of hydrogen-bond acceptors (Lipinski definition) is 7. The van der Waals surface area contributed by atoms with Gasteiger partial charge in [-0.3, -0.25) is 0 Å². The fourth-order valence-electron chi connectivity index (χ4n) is 2.46. The average molecular weight is 363 g/mol. The second-order valence-corrected chi connectivity index (χ2v) is 5.36. The molecular formula is C19H25NO6. The molecule has 26 heavy (non-hydrogen) atoms. The van der Waals surface area contributed by atoms with Crippen molar-refractivity contribution in [1.82, 2.24) is 0 Å². The van der Waals surface area contributed by atoms with Gasteiger partial charge in [-0.2, -0.15) is 0 Å². The summed E-state index contributed by atoms with van der Waals surface area (Å²) in [6, 6.07) is 7.56. The number of nitrogens with two attached hydrogens (primary N) is 1. The third kappa shape index (κ3) is 5.56. The first-order valence-electron chi connectivity index (χ1n) is 7.87. The zero-order valence-corrected chi connectivity index (χ0v) is 15.4. The predicted octanol–water partition coefficient (Wildman–Crippen LogP) is 2.57. The number of carbonyl (C=O) groups is 1. The summed E-state index contributed by atoms with van der Waals surface area (Å²) in [6.07, 6.45) is 1.22. The Morgan fingerprint density at radius 2 is 1.42 bits per heavy atom. The van der Waals surface area contributed by atoms with Crippen molar-refractivity contribution in [1.29, 1.82) is 0 Å². The third-order valence-corrected chi connectivity index (χ3v) is 3.53. The minimum Gasteiger partial charge on any atom is -0.508 e. The van der Waals surface area contributed by atoms with Gasteiger partial charge in [0.2, 0.25) is 5.75 Å². The Hall–Kier alpha value is -2.93. The lowest BCUT2D eigenvalue weighted by Gasteiger charge is -2.17. The molecule has 1 atom stereocenters. The fraction of sp³-hybridized carbons (Fsp3) is 0.316. The summed E-state index contributed by atoms with van der Waals surface area (Å²) in [7, 11) is 4.64. The van der Waals surface area contributed by atoms with E-state index in [-0.39, 0.29) is 11.5 Å². The van der Waals surface area contributed by atoms with Crippen LogP contribution < -0.4 is 19.9 Å². The molecule has 7 heteroatoms. The largest absolute Gasteiger partial charge is 0.508 e. The van der Waals surface area contributed by atoms with Crippen LogP contribution >= 0.6 is 0 Å². The van der Waals surface area contributed by atoms with Crippen LogP contribution in [0.25, 0.3) is 0 Å². The van der Waals surface area contributed by atoms with E-state index in [9.17, 15) is 10.2 Å². The highest BCUT2D eigenvalue weighted by Crippen LogP contribution is 2.39. The molecule has 2 aromatic carbocycles. The molecule has 0 fully saturated rings. The van der Waals surface area contributed by atoms with Crippen LogP contribution in [0.4, 0.5) is 0 Å². The molecule has 2 rings (SSSR count). The van der Waals surface area contributed by atoms with E-state index in [1.54, 1.807) is 21.3 Å². The molecule has 0 amide bonds. The highest BCUT2D eigenvalue weighted by molar-refractivity contribution is 5.54. The first kappa shape index (κ1) is 21.1. The van der Waals surface area contributed by atoms with E-state index in [0.717, 1.165) is 11.8 Å². The molecule has 0 aliphatic rings. The summed E-state index contributed by atoms with van der Waals surface area (Å²) in [5, 5.41) is 19.1. The number of aromatic hydroxyl groups is 2. The summed E-state index contributed by atoms with van der Waals surface area (Å²) in [6.45, 7) is 1.44. The summed E-state index contributed by atoms with van der Waals surface area (Å²) >= 11 is 0. The molecule has 0 saturated heterocycles. The summed E-state index contributed by atoms with van der Waals surface area (Å²) in [5.74, 6) is 1.56. The maximum absolute atomic E-state index is 9.57. The molecule has 0 aromatic heterocycles. The molecule has 0 aliphatic heterocycles. The summed E-state index contributed by atoms with van der Waals surface area (Å²) in [4.78, 5) is 8.81. The van der Waals surface area contributed by atoms with Crippen molar-refractivity contribution in [2.45, 2.75) is 19.4 Å². The number of aldehydes is 1. The molecule has 0 spiro atoms. The number of phenolic OH excluding ortho intramolecular Hbond substituents is 2. The van der Waals surface area contributed by atoms with Crippen molar-refractivity contribution < 1.29 is 29.2 Å². The lowest BCUT2D eigenvalue weighted by atomic mass is 9.98. The molecule has 7 nitrogen and oxygen atoms in total. The van der Waals surface area contributed by atoms with Crippen molar-refractivity contribution in [2.75, 3.05) is 21.3 Å². The maximum atomic E-state index is 9.57. The number of benzene rings is 2. The van der Waals surface area contributed by atoms with Gasteiger partial charge in [0.25, 0.3) is 0 Å². The molecule has 0 radical (unpaired) electrons. The molecule has 0 saturated carbocycles. The monoisotopic (exact) mass is 363 g/mol. The van der Waals surface area contributed by atoms with Crippen molar-refractivity contribution in [3.8, 4) is 28.7 Å². The first-order chi connectivity index (χ1) is 12.4. The summed E-state index contributed by atoms with van der Waals surface area (Å²) < 4.78 is 15.9. The van der Waals surface area contributed by atoms with Gasteiger partial charge in [0, 0.05) is 12.1 Å². The van der Waals surface area contributed by atoms with Gasteiger partial charge in [0.1, 0.15) is 17.8 Å². The van der Waals surface area contributed by atoms with Crippen LogP contribution in [0.5, 0.6) is 28.7 Å². The number of rotatable bonds is 6. The van der Waals surface area contributed by atoms with E-state index in [4.69, 9.17) is 24.7 Å². The van der Waals surface area contributed by atoms with Gasteiger partial charge in [0.05, 0.1) is 21.3 Å². The van der Waals surface area contributed by atoms with Crippen molar-refractivity contribution in [2.24, 2.45) is 5.73 Å². The second kappa shape index (κ2) is 10.1.